The van der Waals surface area contributed by atoms with Gasteiger partial charge in [0.15, 0.2) is 0 Å². The summed E-state index contributed by atoms with van der Waals surface area (Å²) in [7, 11) is 0. The summed E-state index contributed by atoms with van der Waals surface area (Å²) in [5.41, 5.74) is 0. The van der Waals surface area contributed by atoms with E-state index in [0.717, 1.165) is 0 Å². The van der Waals surface area contributed by atoms with Crippen LogP contribution in [-0.4, -0.2) is 10.8 Å². The number of hydrogen-bond donors (Lipinski definition) is 0. The summed E-state index contributed by atoms with van der Waals surface area (Å²) in [5, 5.41) is 19.8. The van der Waals surface area contributed by atoms with Gasteiger partial charge in [0.2, 0.25) is 0 Å². The van der Waals surface area contributed by atoms with Crippen LogP contribution in [-0.2, 0) is 37.3 Å². The molecule has 0 rings (SSSR count). The molecule has 0 aliphatic carbocycles. The second kappa shape index (κ2) is 12.8. The van der Waals surface area contributed by atoms with Crippen molar-refractivity contribution in [3.63, 3.8) is 0 Å². The van der Waals surface area contributed by atoms with E-state index in [1.54, 1.807) is 0 Å². The van der Waals surface area contributed by atoms with Crippen LogP contribution in [0.4, 0.5) is 0 Å². The molecule has 0 amide bonds. The van der Waals surface area contributed by atoms with E-state index >= 15 is 0 Å². The van der Waals surface area contributed by atoms with Crippen molar-refractivity contribution < 1.29 is 47.5 Å². The molecular formula is C6H4HgI6O4. The molecule has 17 heavy (non-hydrogen) atoms. The largest absolute Gasteiger partial charge is 2.00 e. The van der Waals surface area contributed by atoms with Gasteiger partial charge in [-0.25, -0.2) is 0 Å². The average Bonchev–Trinajstić information content (AvgIpc) is 1.72. The van der Waals surface area contributed by atoms with Crippen LogP contribution in [0.15, 0.2) is 0 Å². The van der Waals surface area contributed by atoms with Gasteiger partial charge in [0, 0.05) is 24.8 Å². The quantitative estimate of drug-likeness (QED) is 0.246. The Morgan fingerprint density at radius 1 is 0.765 bits per heavy atom. The van der Waals surface area contributed by atoms with Gasteiger partial charge in [-0.2, -0.15) is 0 Å². The fraction of sp³-hybridized carbons (Fsp3) is 0.667. The molecule has 0 saturated heterocycles. The molecule has 0 fully saturated rings. The third-order valence-corrected chi connectivity index (χ3v) is 2.98. The second-order valence-corrected chi connectivity index (χ2v) is 25.8. The van der Waals surface area contributed by atoms with Gasteiger partial charge in [-0.1, -0.05) is 136 Å². The van der Waals surface area contributed by atoms with Crippen molar-refractivity contribution in [1.82, 2.24) is 0 Å². The molecule has 0 atom stereocenters. The van der Waals surface area contributed by atoms with Gasteiger partial charge in [-0.05, 0) is 0 Å². The predicted octanol–water partition coefficient (Wildman–Crippen LogP) is 2.17. The zero-order valence-corrected chi connectivity index (χ0v) is 26.5. The summed E-state index contributed by atoms with van der Waals surface area (Å²) in [4.78, 5) is 19.8. The number of halogens is 6. The van der Waals surface area contributed by atoms with Crippen molar-refractivity contribution in [3.8, 4) is 0 Å². The molecule has 0 spiro atoms. The Morgan fingerprint density at radius 3 is 0.941 bits per heavy atom. The maximum Gasteiger partial charge on any atom is 2.00 e. The fourth-order valence-electron chi connectivity index (χ4n) is 0.327. The Kier molecular flexibility index (Phi) is 19.6. The standard InChI is InChI=1S/2C3H3I3O2.Hg/c2*4-3(5,6)1-2(7)8;/h2*1H2,(H,7,8);/q;;+2/p-2. The van der Waals surface area contributed by atoms with E-state index in [0.29, 0.717) is 0 Å². The van der Waals surface area contributed by atoms with Crippen LogP contribution < -0.4 is 10.2 Å². The fourth-order valence-corrected chi connectivity index (χ4v) is 2.20. The Labute approximate surface area is 202 Å². The van der Waals surface area contributed by atoms with Crippen molar-refractivity contribution in [2.75, 3.05) is 0 Å². The first-order valence-electron chi connectivity index (χ1n) is 3.36. The molecule has 0 aromatic carbocycles. The number of alkyl halides is 6. The van der Waals surface area contributed by atoms with E-state index in [2.05, 4.69) is 0 Å². The molecule has 0 heterocycles. The molecular weight excluding hydrogens is 1100 g/mol. The van der Waals surface area contributed by atoms with Crippen molar-refractivity contribution in [3.05, 3.63) is 0 Å². The summed E-state index contributed by atoms with van der Waals surface area (Å²) in [6.07, 6.45) is 0.184. The number of hydrogen-bond acceptors (Lipinski definition) is 4. The van der Waals surface area contributed by atoms with Crippen LogP contribution in [0.25, 0.3) is 0 Å². The molecule has 11 heteroatoms. The average molecular weight is 1100 g/mol. The summed E-state index contributed by atoms with van der Waals surface area (Å²) in [5.74, 6) is -1.99. The van der Waals surface area contributed by atoms with E-state index < -0.39 is 11.9 Å². The molecule has 0 aliphatic heterocycles. The minimum atomic E-state index is -0.997. The first kappa shape index (κ1) is 26.2. The summed E-state index contributed by atoms with van der Waals surface area (Å²) < 4.78 is -0.460. The maximum atomic E-state index is 9.89. The number of carboxylic acid groups (broad SMARTS) is 2. The SMILES string of the molecule is O=C([O-])CC(I)(I)I.O=C([O-])CC(I)(I)I.[Hg+2]. The third kappa shape index (κ3) is 33.2. The minimum Gasteiger partial charge on any atom is -0.550 e. The first-order chi connectivity index (χ1) is 6.83. The van der Waals surface area contributed by atoms with Gasteiger partial charge in [0.1, 0.15) is -1.13 Å². The molecule has 4 nitrogen and oxygen atoms in total. The number of carbonyl (C=O) groups excluding carboxylic acids is 2. The van der Waals surface area contributed by atoms with Crippen LogP contribution in [0, 0.1) is 0 Å². The predicted molar refractivity (Wildman–Crippen MR) is 109 cm³/mol. The molecule has 0 saturated carbocycles. The van der Waals surface area contributed by atoms with Crippen LogP contribution in [0.5, 0.6) is 0 Å². The van der Waals surface area contributed by atoms with E-state index in [9.17, 15) is 19.8 Å². The number of carboxylic acids is 2. The second-order valence-electron chi connectivity index (χ2n) is 2.33. The minimum absolute atomic E-state index is 0. The molecule has 96 valence electrons. The number of rotatable bonds is 4. The molecule has 0 aromatic rings. The molecule has 0 radical (unpaired) electrons. The Morgan fingerprint density at radius 2 is 0.941 bits per heavy atom. The van der Waals surface area contributed by atoms with Gasteiger partial charge >= 0.3 is 27.7 Å². The molecule has 0 aromatic heterocycles. The van der Waals surface area contributed by atoms with Crippen LogP contribution >= 0.6 is 136 Å². The zero-order valence-electron chi connectivity index (χ0n) is 8.02. The first-order valence-corrected chi connectivity index (χ1v) is 9.84. The van der Waals surface area contributed by atoms with E-state index in [-0.39, 0.29) is 39.4 Å². The molecule has 0 unspecified atom stereocenters. The van der Waals surface area contributed by atoms with Crippen molar-refractivity contribution in [2.24, 2.45) is 0 Å². The molecule has 0 N–H and O–H groups in total. The Bertz CT molecular complexity index is 222. The Hall–Kier alpha value is 4.26. The summed E-state index contributed by atoms with van der Waals surface area (Å²) in [6, 6.07) is 0. The summed E-state index contributed by atoms with van der Waals surface area (Å²) >= 11 is 12.3. The van der Waals surface area contributed by atoms with Gasteiger partial charge in [0.05, 0.1) is 0 Å². The smallest absolute Gasteiger partial charge is 0.550 e. The van der Waals surface area contributed by atoms with Crippen LogP contribution in [0.1, 0.15) is 12.8 Å². The number of carbonyl (C=O) groups is 2. The van der Waals surface area contributed by atoms with Gasteiger partial charge in [0.25, 0.3) is 0 Å². The van der Waals surface area contributed by atoms with Gasteiger partial charge in [-0.3, -0.25) is 0 Å². The molecule has 0 aliphatic rings. The monoisotopic (exact) mass is 1100 g/mol. The Balaban J connectivity index is -0.000000218. The topological polar surface area (TPSA) is 80.3 Å². The normalized spacial score (nSPS) is 10.7. The molecule has 0 bridgehead atoms. The number of aliphatic carboxylic acids is 2. The van der Waals surface area contributed by atoms with Crippen LogP contribution in [0.2, 0.25) is 0 Å². The van der Waals surface area contributed by atoms with Crippen molar-refractivity contribution in [2.45, 2.75) is 11.7 Å². The third-order valence-electron chi connectivity index (χ3n) is 0.690. The summed E-state index contributed by atoms with van der Waals surface area (Å²) in [6.45, 7) is 0. The van der Waals surface area contributed by atoms with Crippen molar-refractivity contribution in [1.29, 1.82) is 0 Å². The van der Waals surface area contributed by atoms with Crippen LogP contribution in [0.3, 0.4) is 0 Å². The van der Waals surface area contributed by atoms with E-state index in [1.807, 2.05) is 136 Å². The maximum absolute atomic E-state index is 9.89. The van der Waals surface area contributed by atoms with E-state index in [1.165, 1.54) is 0 Å². The van der Waals surface area contributed by atoms with E-state index in [4.69, 9.17) is 0 Å². The van der Waals surface area contributed by atoms with Gasteiger partial charge < -0.3 is 19.8 Å². The van der Waals surface area contributed by atoms with Gasteiger partial charge in [-0.15, -0.1) is 0 Å². The van der Waals surface area contributed by atoms with Crippen molar-refractivity contribution >= 4 is 147 Å². The zero-order chi connectivity index (χ0) is 13.6.